The Labute approximate surface area is 170 Å². The predicted octanol–water partition coefficient (Wildman–Crippen LogP) is 4.46. The number of nitrogens with zero attached hydrogens (tertiary/aromatic N) is 4. The lowest BCUT2D eigenvalue weighted by Crippen LogP contribution is -2.34. The van der Waals surface area contributed by atoms with Crippen LogP contribution >= 0.6 is 0 Å². The summed E-state index contributed by atoms with van der Waals surface area (Å²) in [6, 6.07) is 14.3. The summed E-state index contributed by atoms with van der Waals surface area (Å²) in [7, 11) is 1.69. The van der Waals surface area contributed by atoms with E-state index >= 15 is 0 Å². The summed E-state index contributed by atoms with van der Waals surface area (Å²) in [5.74, 6) is 1.44. The van der Waals surface area contributed by atoms with Gasteiger partial charge in [0, 0.05) is 23.6 Å². The van der Waals surface area contributed by atoms with Gasteiger partial charge >= 0.3 is 0 Å². The maximum Gasteiger partial charge on any atom is 0.134 e. The molecule has 2 aromatic heterocycles. The zero-order valence-electron chi connectivity index (χ0n) is 16.8. The number of aryl methyl sites for hydroxylation is 1. The molecule has 6 nitrogen and oxygen atoms in total. The molecule has 0 saturated carbocycles. The van der Waals surface area contributed by atoms with E-state index in [0.717, 1.165) is 55.0 Å². The summed E-state index contributed by atoms with van der Waals surface area (Å²) in [4.78, 5) is 2.57. The molecule has 2 aromatic carbocycles. The number of rotatable bonds is 6. The zero-order chi connectivity index (χ0) is 19.6. The topological polar surface area (TPSA) is 56.3 Å². The highest BCUT2D eigenvalue weighted by Gasteiger charge is 2.23. The number of benzene rings is 2. The summed E-state index contributed by atoms with van der Waals surface area (Å²) >= 11 is 0. The molecular weight excluding hydrogens is 364 g/mol. The van der Waals surface area contributed by atoms with Crippen LogP contribution in [0.25, 0.3) is 22.0 Å². The molecular formula is C23H26N4O2. The number of hydrogen-bond donors (Lipinski definition) is 0. The Morgan fingerprint density at radius 2 is 1.97 bits per heavy atom. The number of furan rings is 1. The number of ether oxygens (including phenoxy) is 1. The van der Waals surface area contributed by atoms with E-state index in [9.17, 15) is 0 Å². The maximum atomic E-state index is 5.75. The van der Waals surface area contributed by atoms with Crippen LogP contribution < -0.4 is 4.74 Å². The van der Waals surface area contributed by atoms with Crippen molar-refractivity contribution in [3.8, 4) is 5.75 Å². The fourth-order valence-corrected chi connectivity index (χ4v) is 4.46. The molecule has 0 spiro atoms. The van der Waals surface area contributed by atoms with Crippen LogP contribution in [0.5, 0.6) is 5.75 Å². The Morgan fingerprint density at radius 1 is 1.10 bits per heavy atom. The molecule has 0 unspecified atom stereocenters. The van der Waals surface area contributed by atoms with Crippen LogP contribution in [0.3, 0.4) is 0 Å². The number of methoxy groups -OCH3 is 1. The minimum atomic E-state index is 0.599. The molecule has 6 heteroatoms. The molecule has 0 bridgehead atoms. The second kappa shape index (κ2) is 7.87. The molecule has 1 fully saturated rings. The molecule has 1 aliphatic rings. The van der Waals surface area contributed by atoms with E-state index in [1.54, 1.807) is 7.11 Å². The van der Waals surface area contributed by atoms with Crippen molar-refractivity contribution in [1.82, 2.24) is 19.9 Å². The molecule has 150 valence electrons. The van der Waals surface area contributed by atoms with Crippen LogP contribution in [0.1, 0.15) is 30.7 Å². The van der Waals surface area contributed by atoms with Gasteiger partial charge in [-0.1, -0.05) is 23.4 Å². The van der Waals surface area contributed by atoms with Gasteiger partial charge in [-0.15, -0.1) is 5.10 Å². The molecule has 3 heterocycles. The average molecular weight is 390 g/mol. The van der Waals surface area contributed by atoms with Crippen LogP contribution in [-0.4, -0.2) is 46.6 Å². The molecule has 0 atom stereocenters. The second-order valence-corrected chi connectivity index (χ2v) is 7.82. The lowest BCUT2D eigenvalue weighted by molar-refractivity contribution is 0.206. The Bertz CT molecular complexity index is 1110. The Hall–Kier alpha value is -2.86. The number of likely N-dealkylation sites (tertiary alicyclic amines) is 1. The Morgan fingerprint density at radius 3 is 2.83 bits per heavy atom. The highest BCUT2D eigenvalue weighted by molar-refractivity contribution is 5.81. The van der Waals surface area contributed by atoms with E-state index in [1.165, 1.54) is 23.8 Å². The molecule has 0 radical (unpaired) electrons. The molecule has 5 rings (SSSR count). The number of para-hydroxylation sites is 1. The van der Waals surface area contributed by atoms with Crippen molar-refractivity contribution in [2.24, 2.45) is 0 Å². The minimum Gasteiger partial charge on any atom is -0.497 e. The molecule has 4 aromatic rings. The number of piperidine rings is 1. The van der Waals surface area contributed by atoms with Crippen LogP contribution in [0.15, 0.2) is 53.1 Å². The summed E-state index contributed by atoms with van der Waals surface area (Å²) in [5, 5.41) is 9.85. The van der Waals surface area contributed by atoms with E-state index in [-0.39, 0.29) is 0 Å². The van der Waals surface area contributed by atoms with E-state index in [1.807, 2.05) is 35.2 Å². The van der Waals surface area contributed by atoms with Crippen molar-refractivity contribution in [2.45, 2.75) is 31.7 Å². The SMILES string of the molecule is COc1ccc2nnn(CCCN3CCC(c4coc5ccccc45)CC3)c2c1. The smallest absolute Gasteiger partial charge is 0.134 e. The molecule has 0 aliphatic carbocycles. The average Bonchev–Trinajstić information content (AvgIpc) is 3.38. The highest BCUT2D eigenvalue weighted by atomic mass is 16.5. The molecule has 0 amide bonds. The number of fused-ring (bicyclic) bond motifs is 2. The lowest BCUT2D eigenvalue weighted by atomic mass is 9.89. The highest BCUT2D eigenvalue weighted by Crippen LogP contribution is 2.34. The third kappa shape index (κ3) is 3.60. The van der Waals surface area contributed by atoms with Gasteiger partial charge in [-0.25, -0.2) is 4.68 Å². The first-order valence-electron chi connectivity index (χ1n) is 10.4. The minimum absolute atomic E-state index is 0.599. The van der Waals surface area contributed by atoms with Gasteiger partial charge in [0.15, 0.2) is 0 Å². The van der Waals surface area contributed by atoms with Gasteiger partial charge in [0.05, 0.1) is 18.9 Å². The van der Waals surface area contributed by atoms with Crippen LogP contribution in [0, 0.1) is 0 Å². The van der Waals surface area contributed by atoms with Crippen molar-refractivity contribution in [2.75, 3.05) is 26.7 Å². The van der Waals surface area contributed by atoms with Crippen molar-refractivity contribution >= 4 is 22.0 Å². The van der Waals surface area contributed by atoms with Crippen LogP contribution in [0.4, 0.5) is 0 Å². The summed E-state index contributed by atoms with van der Waals surface area (Å²) in [6.07, 6.45) is 5.41. The van der Waals surface area contributed by atoms with Crippen molar-refractivity contribution in [3.63, 3.8) is 0 Å². The van der Waals surface area contributed by atoms with Crippen molar-refractivity contribution < 1.29 is 9.15 Å². The van der Waals surface area contributed by atoms with Crippen LogP contribution in [0.2, 0.25) is 0 Å². The standard InChI is InChI=1S/C23H26N4O2/c1-28-18-7-8-21-22(15-18)27(25-24-21)12-4-11-26-13-9-17(10-14-26)20-16-29-23-6-3-2-5-19(20)23/h2-3,5-8,15-17H,4,9-14H2,1H3. The van der Waals surface area contributed by atoms with Gasteiger partial charge < -0.3 is 14.1 Å². The normalized spacial score (nSPS) is 16.0. The van der Waals surface area contributed by atoms with Gasteiger partial charge in [-0.3, -0.25) is 0 Å². The first-order valence-corrected chi connectivity index (χ1v) is 10.4. The third-order valence-corrected chi connectivity index (χ3v) is 6.10. The fourth-order valence-electron chi connectivity index (χ4n) is 4.46. The van der Waals surface area contributed by atoms with E-state index in [0.29, 0.717) is 5.92 Å². The van der Waals surface area contributed by atoms with Gasteiger partial charge in [0.1, 0.15) is 16.8 Å². The summed E-state index contributed by atoms with van der Waals surface area (Å²) in [5.41, 5.74) is 4.33. The molecule has 1 saturated heterocycles. The van der Waals surface area contributed by atoms with Crippen molar-refractivity contribution in [3.05, 3.63) is 54.3 Å². The fraction of sp³-hybridized carbons (Fsp3) is 0.391. The Kier molecular flexibility index (Phi) is 4.94. The molecule has 0 N–H and O–H groups in total. The largest absolute Gasteiger partial charge is 0.497 e. The van der Waals surface area contributed by atoms with E-state index < -0.39 is 0 Å². The van der Waals surface area contributed by atoms with Gasteiger partial charge in [0.25, 0.3) is 0 Å². The monoisotopic (exact) mass is 390 g/mol. The maximum absolute atomic E-state index is 5.75. The lowest BCUT2D eigenvalue weighted by Gasteiger charge is -2.31. The Balaban J connectivity index is 1.16. The molecule has 29 heavy (non-hydrogen) atoms. The summed E-state index contributed by atoms with van der Waals surface area (Å²) < 4.78 is 13.1. The first kappa shape index (κ1) is 18.2. The zero-order valence-corrected chi connectivity index (χ0v) is 16.8. The number of aromatic nitrogens is 3. The van der Waals surface area contributed by atoms with E-state index in [2.05, 4.69) is 33.4 Å². The van der Waals surface area contributed by atoms with E-state index in [4.69, 9.17) is 9.15 Å². The third-order valence-electron chi connectivity index (χ3n) is 6.10. The molecule has 1 aliphatic heterocycles. The van der Waals surface area contributed by atoms with Crippen molar-refractivity contribution in [1.29, 1.82) is 0 Å². The quantitative estimate of drug-likeness (QED) is 0.487. The van der Waals surface area contributed by atoms with Gasteiger partial charge in [-0.2, -0.15) is 0 Å². The van der Waals surface area contributed by atoms with Gasteiger partial charge in [0.2, 0.25) is 0 Å². The number of hydrogen-bond acceptors (Lipinski definition) is 5. The summed E-state index contributed by atoms with van der Waals surface area (Å²) in [6.45, 7) is 4.23. The first-order chi connectivity index (χ1) is 14.3. The second-order valence-electron chi connectivity index (χ2n) is 7.82. The van der Waals surface area contributed by atoms with Crippen LogP contribution in [-0.2, 0) is 6.54 Å². The predicted molar refractivity (Wildman–Crippen MR) is 113 cm³/mol. The van der Waals surface area contributed by atoms with Gasteiger partial charge in [-0.05, 0) is 63.0 Å².